The first-order valence-electron chi connectivity index (χ1n) is 16.9. The predicted octanol–water partition coefficient (Wildman–Crippen LogP) is 8.05. The van der Waals surface area contributed by atoms with Crippen molar-refractivity contribution in [2.75, 3.05) is 5.32 Å². The van der Waals surface area contributed by atoms with Crippen molar-refractivity contribution in [3.05, 3.63) is 103 Å². The average molecular weight is 702 g/mol. The summed E-state index contributed by atoms with van der Waals surface area (Å²) in [5, 5.41) is 15.8. The number of nitrogens with one attached hydrogen (secondary N) is 1. The molecule has 0 aliphatic heterocycles. The lowest BCUT2D eigenvalue weighted by Crippen LogP contribution is -2.51. The van der Waals surface area contributed by atoms with Crippen LogP contribution in [0, 0.1) is 30.5 Å². The smallest absolute Gasteiger partial charge is 0.308 e. The molecule has 12 heteroatoms. The highest BCUT2D eigenvalue weighted by molar-refractivity contribution is 7.90. The van der Waals surface area contributed by atoms with E-state index in [4.69, 9.17) is 14.4 Å². The quantitative estimate of drug-likeness (QED) is 0.169. The number of rotatable bonds is 7. The second kappa shape index (κ2) is 11.7. The monoisotopic (exact) mass is 701 g/mol. The van der Waals surface area contributed by atoms with Crippen LogP contribution >= 0.6 is 0 Å². The molecule has 3 saturated carbocycles. The van der Waals surface area contributed by atoms with Crippen molar-refractivity contribution < 1.29 is 27.1 Å². The molecule has 0 spiro atoms. The minimum Gasteiger partial charge on any atom is -0.481 e. The number of aromatic nitrogens is 4. The van der Waals surface area contributed by atoms with E-state index in [1.54, 1.807) is 18.2 Å². The van der Waals surface area contributed by atoms with E-state index in [0.29, 0.717) is 28.2 Å². The summed E-state index contributed by atoms with van der Waals surface area (Å²) >= 11 is 0. The van der Waals surface area contributed by atoms with Crippen molar-refractivity contribution in [3.8, 4) is 22.6 Å². The van der Waals surface area contributed by atoms with Gasteiger partial charge in [-0.25, -0.2) is 31.7 Å². The Kier molecular flexibility index (Phi) is 7.21. The third kappa shape index (κ3) is 5.15. The number of furan rings is 1. The average Bonchev–Trinajstić information content (AvgIpc) is 3.71. The first-order chi connectivity index (χ1) is 24.7. The fraction of sp³-hybridized carbons (Fsp3) is 0.231. The normalized spacial score (nSPS) is 20.4. The number of halogens is 1. The molecule has 3 aliphatic carbocycles. The number of anilines is 1. The Hall–Kier alpha value is -5.62. The Morgan fingerprint density at radius 2 is 1.65 bits per heavy atom. The van der Waals surface area contributed by atoms with Crippen molar-refractivity contribution in [3.63, 3.8) is 0 Å². The molecule has 0 radical (unpaired) electrons. The van der Waals surface area contributed by atoms with Crippen LogP contribution in [-0.2, 0) is 14.8 Å². The van der Waals surface area contributed by atoms with Crippen molar-refractivity contribution in [1.29, 1.82) is 0 Å². The van der Waals surface area contributed by atoms with Gasteiger partial charge in [0.1, 0.15) is 22.8 Å². The first-order valence-corrected chi connectivity index (χ1v) is 18.4. The Morgan fingerprint density at radius 3 is 2.43 bits per heavy atom. The van der Waals surface area contributed by atoms with E-state index in [1.165, 1.54) is 24.4 Å². The van der Waals surface area contributed by atoms with Crippen molar-refractivity contribution >= 4 is 54.8 Å². The highest BCUT2D eigenvalue weighted by Gasteiger charge is 2.47. The molecule has 3 aliphatic rings. The van der Waals surface area contributed by atoms with Gasteiger partial charge in [-0.3, -0.25) is 4.79 Å². The molecule has 4 heterocycles. The third-order valence-electron chi connectivity index (χ3n) is 10.6. The number of carbonyl (C=O) groups is 1. The second-order valence-corrected chi connectivity index (χ2v) is 15.4. The number of para-hydroxylation sites is 2. The van der Waals surface area contributed by atoms with Crippen LogP contribution in [0.3, 0.4) is 0 Å². The summed E-state index contributed by atoms with van der Waals surface area (Å²) in [4.78, 5) is 26.7. The summed E-state index contributed by atoms with van der Waals surface area (Å²) < 4.78 is 50.3. The Bertz CT molecular complexity index is 2630. The molecule has 10 rings (SSSR count). The number of pyridine rings is 1. The highest BCUT2D eigenvalue weighted by Crippen LogP contribution is 2.47. The fourth-order valence-corrected chi connectivity index (χ4v) is 9.48. The molecule has 2 unspecified atom stereocenters. The molecule has 256 valence electrons. The topological polar surface area (TPSA) is 140 Å². The number of hydrogen-bond acceptors (Lipinski definition) is 8. The Balaban J connectivity index is 1.26. The summed E-state index contributed by atoms with van der Waals surface area (Å²) in [7, 11) is -4.16. The van der Waals surface area contributed by atoms with Gasteiger partial charge in [-0.05, 0) is 74.8 Å². The summed E-state index contributed by atoms with van der Waals surface area (Å²) in [6.45, 7) is 1.86. The maximum atomic E-state index is 14.9. The molecule has 0 saturated heterocycles. The molecule has 0 amide bonds. The van der Waals surface area contributed by atoms with Crippen LogP contribution in [0.2, 0.25) is 0 Å². The zero-order valence-corrected chi connectivity index (χ0v) is 28.3. The van der Waals surface area contributed by atoms with Gasteiger partial charge in [-0.15, -0.1) is 0 Å². The number of aryl methyl sites for hydroxylation is 1. The fourth-order valence-electron chi connectivity index (χ4n) is 8.15. The number of carboxylic acids is 1. The zero-order chi connectivity index (χ0) is 35.0. The number of carboxylic acid groups (broad SMARTS) is 1. The van der Waals surface area contributed by atoms with Crippen LogP contribution in [0.5, 0.6) is 0 Å². The molecule has 7 aromatic rings. The van der Waals surface area contributed by atoms with E-state index in [1.807, 2.05) is 49.4 Å². The van der Waals surface area contributed by atoms with Crippen LogP contribution < -0.4 is 5.32 Å². The zero-order valence-electron chi connectivity index (χ0n) is 27.5. The standard InChI is InChI=1S/C39H32FN5O5S/c1-21-9-15-25(16-10-21)51(48,49)45-20-30(29-17-24(40)19-41-38(29)45)37-42-31(28-7-4-6-27-26-5-2-3-8-32(26)50-36(27)28)18-33(44-37)43-35-23-13-11-22(12-14-23)34(35)39(46)47/h2-10,15-20,22-23,34-35H,11-14H2,1H3,(H,46,47)(H,42,43,44). The van der Waals surface area contributed by atoms with Gasteiger partial charge in [0.05, 0.1) is 22.7 Å². The summed E-state index contributed by atoms with van der Waals surface area (Å²) in [6.07, 6.45) is 5.95. The molecular weight excluding hydrogens is 670 g/mol. The largest absolute Gasteiger partial charge is 0.481 e. The molecule has 10 nitrogen and oxygen atoms in total. The van der Waals surface area contributed by atoms with Crippen molar-refractivity contribution in [1.82, 2.24) is 18.9 Å². The molecule has 2 bridgehead atoms. The van der Waals surface area contributed by atoms with Crippen LogP contribution in [-0.4, -0.2) is 44.5 Å². The van der Waals surface area contributed by atoms with Crippen LogP contribution in [0.4, 0.5) is 10.2 Å². The lowest BCUT2D eigenvalue weighted by molar-refractivity contribution is -0.148. The predicted molar refractivity (Wildman–Crippen MR) is 191 cm³/mol. The van der Waals surface area contributed by atoms with Crippen molar-refractivity contribution in [2.24, 2.45) is 17.8 Å². The van der Waals surface area contributed by atoms with Gasteiger partial charge in [0.15, 0.2) is 11.5 Å². The minimum absolute atomic E-state index is 0.0189. The number of hydrogen-bond donors (Lipinski definition) is 2. The SMILES string of the molecule is Cc1ccc(S(=O)(=O)n2cc(-c3nc(NC4C5CCC(CC5)C4C(=O)O)cc(-c4cccc5c4oc4ccccc45)n3)c3cc(F)cnc32)cc1. The lowest BCUT2D eigenvalue weighted by Gasteiger charge is -2.47. The molecule has 3 fully saturated rings. The van der Waals surface area contributed by atoms with Gasteiger partial charge in [0, 0.05) is 45.6 Å². The molecular formula is C39H32FN5O5S. The number of fused-ring (bicyclic) bond motifs is 7. The third-order valence-corrected chi connectivity index (χ3v) is 12.3. The van der Waals surface area contributed by atoms with Crippen molar-refractivity contribution in [2.45, 2.75) is 43.5 Å². The number of aliphatic carboxylic acids is 1. The van der Waals surface area contributed by atoms with E-state index in [0.717, 1.165) is 52.2 Å². The van der Waals surface area contributed by atoms with Crippen LogP contribution in [0.25, 0.3) is 55.6 Å². The molecule has 4 aromatic heterocycles. The Labute approximate surface area is 292 Å². The van der Waals surface area contributed by atoms with Gasteiger partial charge in [-0.1, -0.05) is 48.0 Å². The molecule has 51 heavy (non-hydrogen) atoms. The van der Waals surface area contributed by atoms with Gasteiger partial charge in [0.25, 0.3) is 10.0 Å². The van der Waals surface area contributed by atoms with E-state index in [9.17, 15) is 22.7 Å². The maximum absolute atomic E-state index is 14.9. The maximum Gasteiger partial charge on any atom is 0.308 e. The van der Waals surface area contributed by atoms with Gasteiger partial charge >= 0.3 is 5.97 Å². The molecule has 2 atom stereocenters. The lowest BCUT2D eigenvalue weighted by atomic mass is 9.61. The van der Waals surface area contributed by atoms with E-state index < -0.39 is 27.7 Å². The summed E-state index contributed by atoms with van der Waals surface area (Å²) in [5.74, 6) is -1.37. The van der Waals surface area contributed by atoms with Gasteiger partial charge < -0.3 is 14.8 Å². The highest BCUT2D eigenvalue weighted by atomic mass is 32.2. The van der Waals surface area contributed by atoms with Crippen LogP contribution in [0.15, 0.2) is 101 Å². The second-order valence-electron chi connectivity index (χ2n) is 13.6. The number of nitrogens with zero attached hydrogens (tertiary/aromatic N) is 4. The minimum atomic E-state index is -4.16. The molecule has 3 aromatic carbocycles. The summed E-state index contributed by atoms with van der Waals surface area (Å²) in [5.41, 5.74) is 3.60. The van der Waals surface area contributed by atoms with Crippen LogP contribution in [0.1, 0.15) is 31.2 Å². The van der Waals surface area contributed by atoms with Gasteiger partial charge in [-0.2, -0.15) is 0 Å². The Morgan fingerprint density at radius 1 is 0.902 bits per heavy atom. The first kappa shape index (κ1) is 31.4. The van der Waals surface area contributed by atoms with Gasteiger partial charge in [0.2, 0.25) is 0 Å². The van der Waals surface area contributed by atoms with E-state index in [-0.39, 0.29) is 45.2 Å². The van der Waals surface area contributed by atoms with E-state index in [2.05, 4.69) is 10.3 Å². The summed E-state index contributed by atoms with van der Waals surface area (Å²) in [6, 6.07) is 22.6. The van der Waals surface area contributed by atoms with E-state index >= 15 is 0 Å². The number of benzene rings is 3. The molecule has 2 N–H and O–H groups in total.